The Balaban J connectivity index is 2.32. The zero-order valence-electron chi connectivity index (χ0n) is 12.6. The highest BCUT2D eigenvalue weighted by atomic mass is 35.5. The number of fused-ring (bicyclic) bond motifs is 1. The molecule has 3 rings (SSSR count). The molecule has 0 bridgehead atoms. The van der Waals surface area contributed by atoms with E-state index < -0.39 is 23.5 Å². The second-order valence-electron chi connectivity index (χ2n) is 5.15. The van der Waals surface area contributed by atoms with E-state index in [0.29, 0.717) is 10.8 Å². The van der Waals surface area contributed by atoms with Crippen molar-refractivity contribution in [3.8, 4) is 11.3 Å². The molecule has 1 aromatic heterocycles. The van der Waals surface area contributed by atoms with Crippen LogP contribution in [0.3, 0.4) is 0 Å². The highest BCUT2D eigenvalue weighted by molar-refractivity contribution is 6.35. The van der Waals surface area contributed by atoms with Gasteiger partial charge in [-0.05, 0) is 24.3 Å². The van der Waals surface area contributed by atoms with Crippen LogP contribution < -0.4 is 11.5 Å². The van der Waals surface area contributed by atoms with Crippen LogP contribution in [0.15, 0.2) is 47.6 Å². The Morgan fingerprint density at radius 3 is 2.40 bits per heavy atom. The number of nitrogens with zero attached hydrogens (tertiary/aromatic N) is 2. The molecule has 5 nitrogen and oxygen atoms in total. The molecule has 25 heavy (non-hydrogen) atoms. The first-order valence-corrected chi connectivity index (χ1v) is 7.43. The number of aliphatic imine (C=N–C) groups is 1. The Morgan fingerprint density at radius 1 is 1.08 bits per heavy atom. The normalized spacial score (nSPS) is 10.7. The molecule has 0 saturated carbocycles. The lowest BCUT2D eigenvalue weighted by Gasteiger charge is -2.10. The van der Waals surface area contributed by atoms with Crippen LogP contribution in [0.2, 0.25) is 5.02 Å². The topological polar surface area (TPSA) is 94.4 Å². The van der Waals surface area contributed by atoms with Crippen LogP contribution in [0.4, 0.5) is 8.78 Å². The number of rotatable bonds is 2. The Kier molecular flexibility index (Phi) is 4.33. The molecule has 1 heterocycles. The molecule has 4 N–H and O–H groups in total. The standard InChI is InChI=1S/C17H11ClF2N4O/c18-11-7-23-15(14-12(19)2-1-3-13(14)20)10-6-8(4-5-9(10)11)16(25)24-17(21)22/h1-7H,(H4,21,22,24,25). The Hall–Kier alpha value is -3.06. The number of halogens is 3. The number of carbonyl (C=O) groups is 1. The van der Waals surface area contributed by atoms with Crippen molar-refractivity contribution in [2.45, 2.75) is 0 Å². The predicted octanol–water partition coefficient (Wildman–Crippen LogP) is 3.25. The van der Waals surface area contributed by atoms with Crippen LogP contribution in [0.25, 0.3) is 22.0 Å². The van der Waals surface area contributed by atoms with Crippen LogP contribution in [-0.2, 0) is 0 Å². The Labute approximate surface area is 145 Å². The molecule has 8 heteroatoms. The molecule has 3 aromatic rings. The lowest BCUT2D eigenvalue weighted by atomic mass is 10.0. The lowest BCUT2D eigenvalue weighted by molar-refractivity contribution is 0.100. The quantitative estimate of drug-likeness (QED) is 0.541. The number of aromatic nitrogens is 1. The van der Waals surface area contributed by atoms with E-state index in [1.165, 1.54) is 30.5 Å². The third-order valence-corrected chi connectivity index (χ3v) is 3.82. The van der Waals surface area contributed by atoms with Crippen molar-refractivity contribution < 1.29 is 13.6 Å². The molecule has 126 valence electrons. The minimum atomic E-state index is -0.780. The highest BCUT2D eigenvalue weighted by Gasteiger charge is 2.18. The van der Waals surface area contributed by atoms with Crippen molar-refractivity contribution in [2.75, 3.05) is 0 Å². The fourth-order valence-electron chi connectivity index (χ4n) is 2.45. The van der Waals surface area contributed by atoms with E-state index in [9.17, 15) is 13.6 Å². The second kappa shape index (κ2) is 6.45. The third kappa shape index (κ3) is 3.14. The summed E-state index contributed by atoms with van der Waals surface area (Å²) in [5, 5.41) is 1.06. The number of amides is 1. The first-order chi connectivity index (χ1) is 11.9. The fraction of sp³-hybridized carbons (Fsp3) is 0. The van der Waals surface area contributed by atoms with E-state index in [1.807, 2.05) is 0 Å². The Morgan fingerprint density at radius 2 is 1.76 bits per heavy atom. The average molecular weight is 361 g/mol. The van der Waals surface area contributed by atoms with Gasteiger partial charge in [0.1, 0.15) is 11.6 Å². The van der Waals surface area contributed by atoms with Crippen molar-refractivity contribution in [2.24, 2.45) is 16.5 Å². The lowest BCUT2D eigenvalue weighted by Crippen LogP contribution is -2.24. The number of pyridine rings is 1. The van der Waals surface area contributed by atoms with Crippen molar-refractivity contribution >= 4 is 34.2 Å². The first kappa shape index (κ1) is 16.8. The summed E-state index contributed by atoms with van der Waals surface area (Å²) in [5.74, 6) is -2.65. The van der Waals surface area contributed by atoms with Crippen LogP contribution >= 0.6 is 11.6 Å². The minimum Gasteiger partial charge on any atom is -0.370 e. The minimum absolute atomic E-state index is 0.0225. The average Bonchev–Trinajstić information content (AvgIpc) is 2.55. The zero-order chi connectivity index (χ0) is 18.1. The van der Waals surface area contributed by atoms with Gasteiger partial charge in [-0.15, -0.1) is 0 Å². The van der Waals surface area contributed by atoms with Gasteiger partial charge in [0.2, 0.25) is 0 Å². The maximum atomic E-state index is 14.2. The van der Waals surface area contributed by atoms with E-state index in [-0.39, 0.29) is 21.8 Å². The van der Waals surface area contributed by atoms with Crippen LogP contribution in [0.1, 0.15) is 10.4 Å². The molecular weight excluding hydrogens is 350 g/mol. The molecule has 0 fully saturated rings. The molecule has 1 amide bonds. The number of carbonyl (C=O) groups excluding carboxylic acids is 1. The molecule has 0 radical (unpaired) electrons. The van der Waals surface area contributed by atoms with E-state index in [0.717, 1.165) is 12.1 Å². The third-order valence-electron chi connectivity index (χ3n) is 3.52. The zero-order valence-corrected chi connectivity index (χ0v) is 13.4. The maximum Gasteiger partial charge on any atom is 0.280 e. The number of hydrogen-bond acceptors (Lipinski definition) is 2. The van der Waals surface area contributed by atoms with Crippen molar-refractivity contribution in [1.29, 1.82) is 0 Å². The molecule has 0 aliphatic rings. The molecular formula is C17H11ClF2N4O. The van der Waals surface area contributed by atoms with Gasteiger partial charge < -0.3 is 11.5 Å². The van der Waals surface area contributed by atoms with Gasteiger partial charge in [-0.3, -0.25) is 9.78 Å². The molecule has 0 saturated heterocycles. The van der Waals surface area contributed by atoms with Gasteiger partial charge in [-0.25, -0.2) is 8.78 Å². The number of hydrogen-bond donors (Lipinski definition) is 2. The summed E-state index contributed by atoms with van der Waals surface area (Å²) in [4.78, 5) is 19.5. The monoisotopic (exact) mass is 360 g/mol. The number of benzene rings is 2. The van der Waals surface area contributed by atoms with Gasteiger partial charge in [-0.1, -0.05) is 23.7 Å². The summed E-state index contributed by atoms with van der Waals surface area (Å²) in [6.07, 6.45) is 1.29. The van der Waals surface area contributed by atoms with Gasteiger partial charge in [0.25, 0.3) is 5.91 Å². The largest absolute Gasteiger partial charge is 0.370 e. The Bertz CT molecular complexity index is 1010. The molecule has 0 aliphatic carbocycles. The van der Waals surface area contributed by atoms with Crippen LogP contribution in [-0.4, -0.2) is 16.9 Å². The van der Waals surface area contributed by atoms with E-state index in [1.54, 1.807) is 0 Å². The first-order valence-electron chi connectivity index (χ1n) is 7.05. The van der Waals surface area contributed by atoms with Gasteiger partial charge in [0, 0.05) is 22.5 Å². The van der Waals surface area contributed by atoms with Crippen molar-refractivity contribution in [3.63, 3.8) is 0 Å². The van der Waals surface area contributed by atoms with Gasteiger partial charge in [0.05, 0.1) is 16.3 Å². The van der Waals surface area contributed by atoms with E-state index in [4.69, 9.17) is 23.1 Å². The predicted molar refractivity (Wildman–Crippen MR) is 92.2 cm³/mol. The molecule has 2 aromatic carbocycles. The smallest absolute Gasteiger partial charge is 0.280 e. The highest BCUT2D eigenvalue weighted by Crippen LogP contribution is 2.34. The summed E-state index contributed by atoms with van der Waals surface area (Å²) >= 11 is 6.11. The summed E-state index contributed by atoms with van der Waals surface area (Å²) < 4.78 is 28.3. The van der Waals surface area contributed by atoms with Crippen molar-refractivity contribution in [1.82, 2.24) is 4.98 Å². The maximum absolute atomic E-state index is 14.2. The summed E-state index contributed by atoms with van der Waals surface area (Å²) in [6.45, 7) is 0. The second-order valence-corrected chi connectivity index (χ2v) is 5.56. The molecule has 0 aliphatic heterocycles. The fourth-order valence-corrected chi connectivity index (χ4v) is 2.66. The molecule has 0 spiro atoms. The van der Waals surface area contributed by atoms with Crippen LogP contribution in [0.5, 0.6) is 0 Å². The molecule has 0 atom stereocenters. The summed E-state index contributed by atoms with van der Waals surface area (Å²) in [7, 11) is 0. The number of guanidine groups is 1. The van der Waals surface area contributed by atoms with Crippen molar-refractivity contribution in [3.05, 3.63) is 64.8 Å². The van der Waals surface area contributed by atoms with Gasteiger partial charge in [-0.2, -0.15) is 4.99 Å². The van der Waals surface area contributed by atoms with Crippen LogP contribution in [0, 0.1) is 11.6 Å². The van der Waals surface area contributed by atoms with E-state index in [2.05, 4.69) is 9.98 Å². The van der Waals surface area contributed by atoms with Gasteiger partial charge >= 0.3 is 0 Å². The summed E-state index contributed by atoms with van der Waals surface area (Å²) in [6, 6.07) is 7.88. The number of nitrogens with two attached hydrogens (primary N) is 2. The van der Waals surface area contributed by atoms with Gasteiger partial charge in [0.15, 0.2) is 5.96 Å². The summed E-state index contributed by atoms with van der Waals surface area (Å²) in [5.41, 5.74) is 10.2. The SMILES string of the molecule is NC(N)=NC(=O)c1ccc2c(Cl)cnc(-c3c(F)cccc3F)c2c1. The van der Waals surface area contributed by atoms with E-state index >= 15 is 0 Å². The molecule has 0 unspecified atom stereocenters.